The molecule has 0 aliphatic carbocycles. The summed E-state index contributed by atoms with van der Waals surface area (Å²) in [5.41, 5.74) is 4.53. The molecule has 18 heavy (non-hydrogen) atoms. The molecule has 0 atom stereocenters. The van der Waals surface area contributed by atoms with Gasteiger partial charge >= 0.3 is 0 Å². The average Bonchev–Trinajstić information content (AvgIpc) is 3.04. The number of fused-ring (bicyclic) bond motifs is 2. The molecule has 0 saturated heterocycles. The topological polar surface area (TPSA) is 54.7 Å². The van der Waals surface area contributed by atoms with Gasteiger partial charge in [0, 0.05) is 5.56 Å². The summed E-state index contributed by atoms with van der Waals surface area (Å²) in [4.78, 5) is 12.1. The third-order valence-corrected chi connectivity index (χ3v) is 3.00. The minimum Gasteiger partial charge on any atom is -0.443 e. The summed E-state index contributed by atoms with van der Waals surface area (Å²) in [5.74, 6) is 0.815. The molecule has 4 heteroatoms. The van der Waals surface area contributed by atoms with Gasteiger partial charge in [0.05, 0.1) is 11.0 Å². The number of hydrogen-bond donors (Lipinski definition) is 1. The molecule has 1 N–H and O–H groups in total. The highest BCUT2D eigenvalue weighted by atomic mass is 16.3. The van der Waals surface area contributed by atoms with Crippen molar-refractivity contribution in [2.45, 2.75) is 0 Å². The molecule has 2 aromatic carbocycles. The monoisotopic (exact) mass is 235 g/mol. The standard InChI is InChI=1S/C14H9N3O/c1-2-6-11-10(5-1)16-14(17-11)9-4-3-7-12-13(9)15-8-18-12/h1-8H,(H,16,17). The van der Waals surface area contributed by atoms with Crippen molar-refractivity contribution in [3.8, 4) is 11.4 Å². The lowest BCUT2D eigenvalue weighted by Gasteiger charge is -1.96. The number of hydrogen-bond acceptors (Lipinski definition) is 3. The number of nitrogens with one attached hydrogen (secondary N) is 1. The number of oxazole rings is 1. The molecule has 0 aliphatic heterocycles. The highest BCUT2D eigenvalue weighted by molar-refractivity contribution is 5.90. The van der Waals surface area contributed by atoms with Gasteiger partial charge in [0.1, 0.15) is 11.3 Å². The summed E-state index contributed by atoms with van der Waals surface area (Å²) in [6.45, 7) is 0. The molecule has 0 fully saturated rings. The summed E-state index contributed by atoms with van der Waals surface area (Å²) in [6, 6.07) is 13.8. The van der Waals surface area contributed by atoms with Gasteiger partial charge < -0.3 is 9.40 Å². The van der Waals surface area contributed by atoms with E-state index in [1.54, 1.807) is 0 Å². The minimum atomic E-state index is 0.771. The number of nitrogens with zero attached hydrogens (tertiary/aromatic N) is 2. The molecule has 4 rings (SSSR count). The highest BCUT2D eigenvalue weighted by Gasteiger charge is 2.10. The summed E-state index contributed by atoms with van der Waals surface area (Å²) < 4.78 is 5.30. The predicted molar refractivity (Wildman–Crippen MR) is 69.1 cm³/mol. The van der Waals surface area contributed by atoms with Crippen molar-refractivity contribution < 1.29 is 4.42 Å². The fraction of sp³-hybridized carbons (Fsp3) is 0. The predicted octanol–water partition coefficient (Wildman–Crippen LogP) is 3.37. The fourth-order valence-electron chi connectivity index (χ4n) is 2.16. The Morgan fingerprint density at radius 1 is 1.00 bits per heavy atom. The zero-order valence-corrected chi connectivity index (χ0v) is 9.42. The number of aromatic nitrogens is 3. The van der Waals surface area contributed by atoms with Gasteiger partial charge in [-0.05, 0) is 24.3 Å². The van der Waals surface area contributed by atoms with Gasteiger partial charge in [-0.3, -0.25) is 0 Å². The fourth-order valence-corrected chi connectivity index (χ4v) is 2.16. The van der Waals surface area contributed by atoms with E-state index in [2.05, 4.69) is 15.0 Å². The number of rotatable bonds is 1. The maximum absolute atomic E-state index is 5.30. The van der Waals surface area contributed by atoms with Crippen molar-refractivity contribution in [3.05, 3.63) is 48.9 Å². The molecule has 4 nitrogen and oxygen atoms in total. The molecular weight excluding hydrogens is 226 g/mol. The molecule has 86 valence electrons. The zero-order valence-electron chi connectivity index (χ0n) is 9.42. The van der Waals surface area contributed by atoms with Crippen LogP contribution < -0.4 is 0 Å². The summed E-state index contributed by atoms with van der Waals surface area (Å²) >= 11 is 0. The molecule has 0 saturated carbocycles. The van der Waals surface area contributed by atoms with E-state index >= 15 is 0 Å². The van der Waals surface area contributed by atoms with Gasteiger partial charge in [0.2, 0.25) is 0 Å². The highest BCUT2D eigenvalue weighted by Crippen LogP contribution is 2.26. The van der Waals surface area contributed by atoms with Crippen LogP contribution in [0.25, 0.3) is 33.5 Å². The third kappa shape index (κ3) is 1.26. The van der Waals surface area contributed by atoms with Crippen LogP contribution in [0.4, 0.5) is 0 Å². The van der Waals surface area contributed by atoms with E-state index in [0.717, 1.165) is 33.5 Å². The maximum Gasteiger partial charge on any atom is 0.182 e. The van der Waals surface area contributed by atoms with E-state index < -0.39 is 0 Å². The Morgan fingerprint density at radius 3 is 2.89 bits per heavy atom. The second-order valence-electron chi connectivity index (χ2n) is 4.11. The quantitative estimate of drug-likeness (QED) is 0.550. The molecule has 0 unspecified atom stereocenters. The first-order valence-electron chi connectivity index (χ1n) is 5.69. The van der Waals surface area contributed by atoms with Crippen LogP contribution in [-0.2, 0) is 0 Å². The zero-order chi connectivity index (χ0) is 11.9. The van der Waals surface area contributed by atoms with Crippen molar-refractivity contribution in [1.82, 2.24) is 15.0 Å². The van der Waals surface area contributed by atoms with Crippen molar-refractivity contribution in [2.24, 2.45) is 0 Å². The van der Waals surface area contributed by atoms with E-state index in [-0.39, 0.29) is 0 Å². The van der Waals surface area contributed by atoms with Crippen LogP contribution in [0.5, 0.6) is 0 Å². The number of H-pyrrole nitrogens is 1. The largest absolute Gasteiger partial charge is 0.443 e. The number of para-hydroxylation sites is 3. The Hall–Kier alpha value is -2.62. The summed E-state index contributed by atoms with van der Waals surface area (Å²) in [7, 11) is 0. The van der Waals surface area contributed by atoms with Gasteiger partial charge in [-0.25, -0.2) is 9.97 Å². The second-order valence-corrected chi connectivity index (χ2v) is 4.11. The Morgan fingerprint density at radius 2 is 1.94 bits per heavy atom. The molecule has 0 radical (unpaired) electrons. The van der Waals surface area contributed by atoms with Gasteiger partial charge in [0.15, 0.2) is 12.0 Å². The Balaban J connectivity index is 2.04. The van der Waals surface area contributed by atoms with E-state index in [4.69, 9.17) is 4.42 Å². The van der Waals surface area contributed by atoms with Crippen LogP contribution in [0.15, 0.2) is 53.3 Å². The lowest BCUT2D eigenvalue weighted by Crippen LogP contribution is -1.82. The van der Waals surface area contributed by atoms with E-state index in [0.29, 0.717) is 0 Å². The molecule has 2 heterocycles. The van der Waals surface area contributed by atoms with Gasteiger partial charge in [0.25, 0.3) is 0 Å². The van der Waals surface area contributed by atoms with E-state index in [1.807, 2.05) is 42.5 Å². The van der Waals surface area contributed by atoms with E-state index in [9.17, 15) is 0 Å². The average molecular weight is 235 g/mol. The molecular formula is C14H9N3O. The first-order valence-corrected chi connectivity index (χ1v) is 5.69. The van der Waals surface area contributed by atoms with Gasteiger partial charge in [-0.1, -0.05) is 18.2 Å². The summed E-state index contributed by atoms with van der Waals surface area (Å²) in [6.07, 6.45) is 1.46. The van der Waals surface area contributed by atoms with Crippen molar-refractivity contribution in [1.29, 1.82) is 0 Å². The normalized spacial score (nSPS) is 11.3. The van der Waals surface area contributed by atoms with Gasteiger partial charge in [-0.2, -0.15) is 0 Å². The number of imidazole rings is 1. The molecule has 4 aromatic rings. The Labute approximate surface area is 102 Å². The molecule has 0 aliphatic rings. The second kappa shape index (κ2) is 3.43. The maximum atomic E-state index is 5.30. The van der Waals surface area contributed by atoms with Crippen LogP contribution in [0.3, 0.4) is 0 Å². The molecule has 0 bridgehead atoms. The third-order valence-electron chi connectivity index (χ3n) is 3.00. The smallest absolute Gasteiger partial charge is 0.182 e. The van der Waals surface area contributed by atoms with Crippen LogP contribution >= 0.6 is 0 Å². The SMILES string of the molecule is c1ccc2[nH]c(-c3cccc4ocnc34)nc2c1. The molecule has 0 amide bonds. The first kappa shape index (κ1) is 9.41. The number of benzene rings is 2. The Kier molecular flexibility index (Phi) is 1.80. The van der Waals surface area contributed by atoms with E-state index in [1.165, 1.54) is 6.39 Å². The first-order chi connectivity index (χ1) is 8.92. The van der Waals surface area contributed by atoms with Crippen LogP contribution in [0, 0.1) is 0 Å². The van der Waals surface area contributed by atoms with Gasteiger partial charge in [-0.15, -0.1) is 0 Å². The van der Waals surface area contributed by atoms with Crippen LogP contribution in [-0.4, -0.2) is 15.0 Å². The van der Waals surface area contributed by atoms with Crippen LogP contribution in [0.2, 0.25) is 0 Å². The lowest BCUT2D eigenvalue weighted by atomic mass is 10.2. The van der Waals surface area contributed by atoms with Crippen molar-refractivity contribution in [2.75, 3.05) is 0 Å². The van der Waals surface area contributed by atoms with Crippen molar-refractivity contribution in [3.63, 3.8) is 0 Å². The molecule has 0 spiro atoms. The minimum absolute atomic E-state index is 0.771. The number of aromatic amines is 1. The van der Waals surface area contributed by atoms with Crippen LogP contribution in [0.1, 0.15) is 0 Å². The molecule has 2 aromatic heterocycles. The summed E-state index contributed by atoms with van der Waals surface area (Å²) in [5, 5.41) is 0. The van der Waals surface area contributed by atoms with Crippen molar-refractivity contribution >= 4 is 22.1 Å². The lowest BCUT2D eigenvalue weighted by molar-refractivity contribution is 0.602. The Bertz CT molecular complexity index is 811.